The molecule has 0 amide bonds. The first-order chi connectivity index (χ1) is 11.2. The maximum Gasteiger partial charge on any atom is 0.181 e. The summed E-state index contributed by atoms with van der Waals surface area (Å²) in [7, 11) is 4.31. The summed E-state index contributed by atoms with van der Waals surface area (Å²) in [4.78, 5) is 13.5. The zero-order valence-corrected chi connectivity index (χ0v) is 13.8. The zero-order chi connectivity index (χ0) is 16.2. The monoisotopic (exact) mass is 316 g/mol. The summed E-state index contributed by atoms with van der Waals surface area (Å²) in [6, 6.07) is 4.23. The van der Waals surface area contributed by atoms with Gasteiger partial charge in [-0.05, 0) is 26.2 Å². The van der Waals surface area contributed by atoms with Gasteiger partial charge in [0.2, 0.25) is 0 Å². The maximum atomic E-state index is 9.31. The number of hydrogen-bond donors (Lipinski definition) is 1. The highest BCUT2D eigenvalue weighted by atomic mass is 16.3. The molecule has 1 aliphatic rings. The Morgan fingerprint density at radius 1 is 1.22 bits per heavy atom. The van der Waals surface area contributed by atoms with Crippen molar-refractivity contribution in [1.82, 2.24) is 29.5 Å². The smallest absolute Gasteiger partial charge is 0.181 e. The molecular weight excluding hydrogens is 292 g/mol. The molecule has 0 unspecified atom stereocenters. The van der Waals surface area contributed by atoms with E-state index in [0.29, 0.717) is 18.4 Å². The predicted octanol–water partition coefficient (Wildman–Crippen LogP) is 0.121. The summed E-state index contributed by atoms with van der Waals surface area (Å²) in [5.41, 5.74) is 0.951. The summed E-state index contributed by atoms with van der Waals surface area (Å²) in [5.74, 6) is 1.63. The van der Waals surface area contributed by atoms with E-state index >= 15 is 0 Å². The molecule has 0 radical (unpaired) electrons. The number of piperazine rings is 1. The Hall–Kier alpha value is -1.83. The van der Waals surface area contributed by atoms with Crippen LogP contribution >= 0.6 is 0 Å². The molecule has 0 aromatic carbocycles. The van der Waals surface area contributed by atoms with E-state index in [-0.39, 0.29) is 6.61 Å². The number of likely N-dealkylation sites (N-methyl/N-ethyl adjacent to an activating group) is 2. The third-order valence-corrected chi connectivity index (χ3v) is 4.40. The molecule has 1 aliphatic heterocycles. The first-order valence-corrected chi connectivity index (χ1v) is 8.01. The van der Waals surface area contributed by atoms with Crippen LogP contribution < -0.4 is 0 Å². The van der Waals surface area contributed by atoms with Crippen LogP contribution in [0, 0.1) is 0 Å². The van der Waals surface area contributed by atoms with E-state index in [1.165, 1.54) is 0 Å². The quantitative estimate of drug-likeness (QED) is 0.845. The Bertz CT molecular complexity index is 629. The molecule has 3 heterocycles. The fraction of sp³-hybridized carbons (Fsp3) is 0.562. The van der Waals surface area contributed by atoms with Crippen LogP contribution in [0.25, 0.3) is 11.4 Å². The van der Waals surface area contributed by atoms with Gasteiger partial charge in [0.05, 0.1) is 13.2 Å². The van der Waals surface area contributed by atoms with Crippen LogP contribution in [-0.4, -0.2) is 81.0 Å². The van der Waals surface area contributed by atoms with Crippen LogP contribution in [-0.2, 0) is 13.0 Å². The number of hydrogen-bond acceptors (Lipinski definition) is 6. The predicted molar refractivity (Wildman–Crippen MR) is 88.0 cm³/mol. The minimum absolute atomic E-state index is 0.0621. The minimum atomic E-state index is 0.0621. The Morgan fingerprint density at radius 2 is 2.00 bits per heavy atom. The van der Waals surface area contributed by atoms with E-state index in [0.717, 1.165) is 37.4 Å². The van der Waals surface area contributed by atoms with E-state index in [4.69, 9.17) is 4.98 Å². The lowest BCUT2D eigenvalue weighted by Gasteiger charge is -2.37. The SMILES string of the molecule is CN1CCN(C)[C@H](Cc2nc(-c3ccncc3)nn2CCO)C1. The van der Waals surface area contributed by atoms with E-state index in [1.807, 2.05) is 16.8 Å². The van der Waals surface area contributed by atoms with Crippen molar-refractivity contribution in [2.45, 2.75) is 19.0 Å². The second kappa shape index (κ2) is 7.16. The molecule has 0 bridgehead atoms. The van der Waals surface area contributed by atoms with Gasteiger partial charge in [-0.2, -0.15) is 5.10 Å². The molecule has 1 atom stereocenters. The largest absolute Gasteiger partial charge is 0.394 e. The van der Waals surface area contributed by atoms with Gasteiger partial charge in [-0.25, -0.2) is 9.67 Å². The highest BCUT2D eigenvalue weighted by Gasteiger charge is 2.25. The summed E-state index contributed by atoms with van der Waals surface area (Å²) in [6.07, 6.45) is 4.32. The molecule has 124 valence electrons. The van der Waals surface area contributed by atoms with Gasteiger partial charge in [0.15, 0.2) is 5.82 Å². The van der Waals surface area contributed by atoms with E-state index in [9.17, 15) is 5.11 Å². The van der Waals surface area contributed by atoms with E-state index in [1.54, 1.807) is 12.4 Å². The molecule has 23 heavy (non-hydrogen) atoms. The van der Waals surface area contributed by atoms with Gasteiger partial charge in [-0.15, -0.1) is 0 Å². The third-order valence-electron chi connectivity index (χ3n) is 4.40. The second-order valence-corrected chi connectivity index (χ2v) is 6.14. The molecule has 0 saturated carbocycles. The number of pyridine rings is 1. The summed E-state index contributed by atoms with van der Waals surface area (Å²) in [5, 5.41) is 13.9. The first-order valence-electron chi connectivity index (χ1n) is 8.01. The van der Waals surface area contributed by atoms with E-state index in [2.05, 4.69) is 34.0 Å². The fourth-order valence-electron chi connectivity index (χ4n) is 2.96. The van der Waals surface area contributed by atoms with Gasteiger partial charge >= 0.3 is 0 Å². The molecule has 7 heteroatoms. The number of aromatic nitrogens is 4. The highest BCUT2D eigenvalue weighted by Crippen LogP contribution is 2.17. The van der Waals surface area contributed by atoms with Gasteiger partial charge in [0.1, 0.15) is 5.82 Å². The van der Waals surface area contributed by atoms with Crippen LogP contribution in [0.1, 0.15) is 5.82 Å². The molecule has 1 fully saturated rings. The van der Waals surface area contributed by atoms with E-state index < -0.39 is 0 Å². The second-order valence-electron chi connectivity index (χ2n) is 6.14. The van der Waals surface area contributed by atoms with Crippen molar-refractivity contribution >= 4 is 0 Å². The Kier molecular flexibility index (Phi) is 5.00. The van der Waals surface area contributed by atoms with Crippen molar-refractivity contribution in [2.75, 3.05) is 40.3 Å². The maximum absolute atomic E-state index is 9.31. The van der Waals surface area contributed by atoms with Crippen LogP contribution in [0.2, 0.25) is 0 Å². The Labute approximate surface area is 136 Å². The molecule has 2 aromatic heterocycles. The standard InChI is InChI=1S/C16H24N6O/c1-20-7-8-21(2)14(12-20)11-15-18-16(19-22(15)9-10-23)13-3-5-17-6-4-13/h3-6,14,23H,7-12H2,1-2H3/t14-/m1/s1. The fourth-order valence-corrected chi connectivity index (χ4v) is 2.96. The highest BCUT2D eigenvalue weighted by molar-refractivity contribution is 5.53. The van der Waals surface area contributed by atoms with Gasteiger partial charge in [-0.3, -0.25) is 4.98 Å². The molecule has 7 nitrogen and oxygen atoms in total. The van der Waals surface area contributed by atoms with Gasteiger partial charge in [0, 0.05) is 50.1 Å². The van der Waals surface area contributed by atoms with Crippen LogP contribution in [0.5, 0.6) is 0 Å². The Balaban J connectivity index is 1.84. The summed E-state index contributed by atoms with van der Waals surface area (Å²) in [6.45, 7) is 3.71. The molecule has 1 N–H and O–H groups in total. The molecule has 0 spiro atoms. The average molecular weight is 316 g/mol. The molecule has 1 saturated heterocycles. The average Bonchev–Trinajstić information content (AvgIpc) is 2.95. The summed E-state index contributed by atoms with van der Waals surface area (Å²) < 4.78 is 1.83. The van der Waals surface area contributed by atoms with Gasteiger partial charge in [0.25, 0.3) is 0 Å². The van der Waals surface area contributed by atoms with Crippen molar-refractivity contribution in [3.8, 4) is 11.4 Å². The number of aliphatic hydroxyl groups excluding tert-OH is 1. The van der Waals surface area contributed by atoms with Gasteiger partial charge in [-0.1, -0.05) is 0 Å². The molecular formula is C16H24N6O. The van der Waals surface area contributed by atoms with Crippen molar-refractivity contribution in [3.05, 3.63) is 30.4 Å². The van der Waals surface area contributed by atoms with Crippen LogP contribution in [0.15, 0.2) is 24.5 Å². The minimum Gasteiger partial charge on any atom is -0.394 e. The van der Waals surface area contributed by atoms with Crippen molar-refractivity contribution in [3.63, 3.8) is 0 Å². The normalized spacial score (nSPS) is 20.0. The first kappa shape index (κ1) is 16.0. The lowest BCUT2D eigenvalue weighted by Crippen LogP contribution is -2.51. The molecule has 3 rings (SSSR count). The molecule has 0 aliphatic carbocycles. The topological polar surface area (TPSA) is 70.3 Å². The van der Waals surface area contributed by atoms with Gasteiger partial charge < -0.3 is 14.9 Å². The van der Waals surface area contributed by atoms with Crippen LogP contribution in [0.4, 0.5) is 0 Å². The van der Waals surface area contributed by atoms with Crippen LogP contribution in [0.3, 0.4) is 0 Å². The number of rotatable bonds is 5. The van der Waals surface area contributed by atoms with Crippen molar-refractivity contribution < 1.29 is 5.11 Å². The lowest BCUT2D eigenvalue weighted by molar-refractivity contribution is 0.112. The van der Waals surface area contributed by atoms with Crippen molar-refractivity contribution in [2.24, 2.45) is 0 Å². The third kappa shape index (κ3) is 3.74. The number of aliphatic hydroxyl groups is 1. The zero-order valence-electron chi connectivity index (χ0n) is 13.8. The number of nitrogens with zero attached hydrogens (tertiary/aromatic N) is 6. The lowest BCUT2D eigenvalue weighted by atomic mass is 10.1. The van der Waals surface area contributed by atoms with Crippen molar-refractivity contribution in [1.29, 1.82) is 0 Å². The summed E-state index contributed by atoms with van der Waals surface area (Å²) >= 11 is 0. The Morgan fingerprint density at radius 3 is 2.74 bits per heavy atom. The molecule has 2 aromatic rings.